The van der Waals surface area contributed by atoms with E-state index in [9.17, 15) is 15.0 Å². The zero-order valence-corrected chi connectivity index (χ0v) is 11.1. The summed E-state index contributed by atoms with van der Waals surface area (Å²) >= 11 is 0. The lowest BCUT2D eigenvalue weighted by Crippen LogP contribution is -2.53. The third-order valence-electron chi connectivity index (χ3n) is 3.42. The van der Waals surface area contributed by atoms with Gasteiger partial charge in [0.1, 0.15) is 0 Å². The quantitative estimate of drug-likeness (QED) is 0.811. The molecule has 1 amide bonds. The Kier molecular flexibility index (Phi) is 4.39. The van der Waals surface area contributed by atoms with E-state index in [2.05, 4.69) is 4.90 Å². The van der Waals surface area contributed by atoms with Gasteiger partial charge in [-0.15, -0.1) is 0 Å². The van der Waals surface area contributed by atoms with Gasteiger partial charge in [-0.3, -0.25) is 4.79 Å². The SMILES string of the molecule is CC(O)[C@@H](O)C(=O)N1CCN(c2ccccc2)CC1. The Morgan fingerprint density at radius 3 is 2.21 bits per heavy atom. The molecule has 0 bridgehead atoms. The molecule has 1 saturated heterocycles. The number of benzene rings is 1. The summed E-state index contributed by atoms with van der Waals surface area (Å²) in [7, 11) is 0. The molecule has 2 rings (SSSR count). The molecule has 104 valence electrons. The van der Waals surface area contributed by atoms with Crippen LogP contribution in [0, 0.1) is 0 Å². The maximum Gasteiger partial charge on any atom is 0.254 e. The molecule has 1 fully saturated rings. The zero-order valence-electron chi connectivity index (χ0n) is 11.1. The Hall–Kier alpha value is -1.59. The first-order chi connectivity index (χ1) is 9.09. The molecular formula is C14H20N2O3. The highest BCUT2D eigenvalue weighted by atomic mass is 16.3. The van der Waals surface area contributed by atoms with Gasteiger partial charge in [0.15, 0.2) is 6.10 Å². The van der Waals surface area contributed by atoms with E-state index in [4.69, 9.17) is 0 Å². The predicted molar refractivity (Wildman–Crippen MR) is 72.9 cm³/mol. The van der Waals surface area contributed by atoms with Gasteiger partial charge in [-0.1, -0.05) is 18.2 Å². The monoisotopic (exact) mass is 264 g/mol. The third-order valence-corrected chi connectivity index (χ3v) is 3.42. The minimum atomic E-state index is -1.32. The van der Waals surface area contributed by atoms with Crippen molar-refractivity contribution in [1.82, 2.24) is 4.90 Å². The largest absolute Gasteiger partial charge is 0.390 e. The first kappa shape index (κ1) is 13.8. The number of piperazine rings is 1. The van der Waals surface area contributed by atoms with E-state index < -0.39 is 12.2 Å². The zero-order chi connectivity index (χ0) is 13.8. The number of para-hydroxylation sites is 1. The van der Waals surface area contributed by atoms with Crippen LogP contribution in [0.3, 0.4) is 0 Å². The van der Waals surface area contributed by atoms with E-state index in [1.54, 1.807) is 4.90 Å². The van der Waals surface area contributed by atoms with E-state index >= 15 is 0 Å². The number of anilines is 1. The predicted octanol–water partition coefficient (Wildman–Crippen LogP) is 0.0769. The summed E-state index contributed by atoms with van der Waals surface area (Å²) in [5.74, 6) is -0.386. The highest BCUT2D eigenvalue weighted by molar-refractivity contribution is 5.81. The third kappa shape index (κ3) is 3.24. The first-order valence-electron chi connectivity index (χ1n) is 6.54. The number of carbonyl (C=O) groups excluding carboxylic acids is 1. The number of amides is 1. The van der Waals surface area contributed by atoms with E-state index in [0.717, 1.165) is 18.8 Å². The number of nitrogens with zero attached hydrogens (tertiary/aromatic N) is 2. The summed E-state index contributed by atoms with van der Waals surface area (Å²) in [5.41, 5.74) is 1.14. The summed E-state index contributed by atoms with van der Waals surface area (Å²) in [5, 5.41) is 18.8. The molecule has 0 aromatic heterocycles. The van der Waals surface area contributed by atoms with E-state index in [-0.39, 0.29) is 5.91 Å². The van der Waals surface area contributed by atoms with Crippen molar-refractivity contribution in [2.24, 2.45) is 0 Å². The second-order valence-electron chi connectivity index (χ2n) is 4.83. The summed E-state index contributed by atoms with van der Waals surface area (Å²) in [6.07, 6.45) is -2.34. The molecule has 2 atom stereocenters. The normalized spacial score (nSPS) is 19.1. The molecule has 1 unspecified atom stereocenters. The number of carbonyl (C=O) groups is 1. The molecule has 1 aromatic carbocycles. The minimum absolute atomic E-state index is 0.386. The molecule has 1 heterocycles. The number of hydrogen-bond donors (Lipinski definition) is 2. The Morgan fingerprint density at radius 2 is 1.68 bits per heavy atom. The van der Waals surface area contributed by atoms with Crippen LogP contribution in [0.4, 0.5) is 5.69 Å². The summed E-state index contributed by atoms with van der Waals surface area (Å²) in [4.78, 5) is 15.7. The average Bonchev–Trinajstić information content (AvgIpc) is 2.46. The molecule has 2 N–H and O–H groups in total. The summed E-state index contributed by atoms with van der Waals surface area (Å²) in [6, 6.07) is 10.0. The van der Waals surface area contributed by atoms with E-state index in [1.807, 2.05) is 30.3 Å². The van der Waals surface area contributed by atoms with E-state index in [1.165, 1.54) is 6.92 Å². The summed E-state index contributed by atoms with van der Waals surface area (Å²) < 4.78 is 0. The second kappa shape index (κ2) is 6.04. The van der Waals surface area contributed by atoms with Crippen molar-refractivity contribution in [3.8, 4) is 0 Å². The molecule has 0 saturated carbocycles. The highest BCUT2D eigenvalue weighted by Gasteiger charge is 2.28. The van der Waals surface area contributed by atoms with Crippen molar-refractivity contribution in [2.45, 2.75) is 19.1 Å². The molecule has 0 spiro atoms. The van der Waals surface area contributed by atoms with Gasteiger partial charge in [0.2, 0.25) is 0 Å². The maximum atomic E-state index is 11.9. The molecule has 0 radical (unpaired) electrons. The number of aliphatic hydroxyl groups excluding tert-OH is 2. The van der Waals surface area contributed by atoms with Crippen LogP contribution in [0.25, 0.3) is 0 Å². The molecule has 5 heteroatoms. The average molecular weight is 264 g/mol. The van der Waals surface area contributed by atoms with Gasteiger partial charge in [-0.05, 0) is 19.1 Å². The van der Waals surface area contributed by atoms with Crippen molar-refractivity contribution in [1.29, 1.82) is 0 Å². The minimum Gasteiger partial charge on any atom is -0.390 e. The van der Waals surface area contributed by atoms with Crippen molar-refractivity contribution >= 4 is 11.6 Å². The molecule has 1 aliphatic heterocycles. The smallest absolute Gasteiger partial charge is 0.254 e. The first-order valence-corrected chi connectivity index (χ1v) is 6.54. The van der Waals surface area contributed by atoms with Crippen LogP contribution >= 0.6 is 0 Å². The van der Waals surface area contributed by atoms with Gasteiger partial charge in [-0.2, -0.15) is 0 Å². The van der Waals surface area contributed by atoms with Crippen molar-refractivity contribution in [2.75, 3.05) is 31.1 Å². The Bertz CT molecular complexity index is 414. The van der Waals surface area contributed by atoms with Crippen LogP contribution in [-0.4, -0.2) is 59.4 Å². The highest BCUT2D eigenvalue weighted by Crippen LogP contribution is 2.16. The van der Waals surface area contributed by atoms with Crippen LogP contribution < -0.4 is 4.90 Å². The fourth-order valence-electron chi connectivity index (χ4n) is 2.22. The van der Waals surface area contributed by atoms with Crippen LogP contribution in [0.15, 0.2) is 30.3 Å². The lowest BCUT2D eigenvalue weighted by Gasteiger charge is -2.37. The van der Waals surface area contributed by atoms with Gasteiger partial charge in [-0.25, -0.2) is 0 Å². The fraction of sp³-hybridized carbons (Fsp3) is 0.500. The maximum absolute atomic E-state index is 11.9. The number of rotatable bonds is 3. The van der Waals surface area contributed by atoms with Crippen LogP contribution in [-0.2, 0) is 4.79 Å². The Morgan fingerprint density at radius 1 is 1.11 bits per heavy atom. The fourth-order valence-corrected chi connectivity index (χ4v) is 2.22. The van der Waals surface area contributed by atoms with Crippen molar-refractivity contribution in [3.05, 3.63) is 30.3 Å². The molecule has 5 nitrogen and oxygen atoms in total. The standard InChI is InChI=1S/C14H20N2O3/c1-11(17)13(18)14(19)16-9-7-15(8-10-16)12-5-3-2-4-6-12/h2-6,11,13,17-18H,7-10H2,1H3/t11?,13-/m1/s1. The van der Waals surface area contributed by atoms with E-state index in [0.29, 0.717) is 13.1 Å². The van der Waals surface area contributed by atoms with Crippen LogP contribution in [0.2, 0.25) is 0 Å². The van der Waals surface area contributed by atoms with Crippen LogP contribution in [0.5, 0.6) is 0 Å². The molecular weight excluding hydrogens is 244 g/mol. The van der Waals surface area contributed by atoms with Gasteiger partial charge >= 0.3 is 0 Å². The number of hydrogen-bond acceptors (Lipinski definition) is 4. The molecule has 1 aromatic rings. The molecule has 19 heavy (non-hydrogen) atoms. The summed E-state index contributed by atoms with van der Waals surface area (Å²) in [6.45, 7) is 4.03. The van der Waals surface area contributed by atoms with Gasteiger partial charge in [0.25, 0.3) is 5.91 Å². The Balaban J connectivity index is 1.91. The molecule has 0 aliphatic carbocycles. The lowest BCUT2D eigenvalue weighted by atomic mass is 10.1. The topological polar surface area (TPSA) is 64.0 Å². The molecule has 1 aliphatic rings. The van der Waals surface area contributed by atoms with Crippen LogP contribution in [0.1, 0.15) is 6.92 Å². The van der Waals surface area contributed by atoms with Gasteiger partial charge < -0.3 is 20.0 Å². The second-order valence-corrected chi connectivity index (χ2v) is 4.83. The Labute approximate surface area is 113 Å². The van der Waals surface area contributed by atoms with Crippen molar-refractivity contribution in [3.63, 3.8) is 0 Å². The lowest BCUT2D eigenvalue weighted by molar-refractivity contribution is -0.145. The van der Waals surface area contributed by atoms with Gasteiger partial charge in [0, 0.05) is 31.9 Å². The van der Waals surface area contributed by atoms with Gasteiger partial charge in [0.05, 0.1) is 6.10 Å². The number of aliphatic hydroxyl groups is 2. The van der Waals surface area contributed by atoms with Crippen molar-refractivity contribution < 1.29 is 15.0 Å².